The molecule has 1 fully saturated rings. The molecule has 1 aromatic carbocycles. The summed E-state index contributed by atoms with van der Waals surface area (Å²) < 4.78 is 0. The van der Waals surface area contributed by atoms with Crippen LogP contribution in [0.25, 0.3) is 10.9 Å². The van der Waals surface area contributed by atoms with Crippen molar-refractivity contribution in [2.24, 2.45) is 0 Å². The fourth-order valence-corrected chi connectivity index (χ4v) is 4.10. The Hall–Kier alpha value is -2.62. The molecule has 0 aliphatic heterocycles. The molecule has 4 heteroatoms. The van der Waals surface area contributed by atoms with Crippen molar-refractivity contribution >= 4 is 16.9 Å². The molecule has 0 radical (unpaired) electrons. The molecular weight excluding hydrogens is 348 g/mol. The maximum absolute atomic E-state index is 11.3. The Morgan fingerprint density at radius 2 is 2.07 bits per heavy atom. The molecule has 0 amide bonds. The standard InChI is InChI=1S/C24H28N2O2/c1-4-5-7-16-13-18-19(14-17-8-6-9-20(25-17)23(27)28)22(24(3)10-11-24)26-21(18)12-15(16)2/h6,8-9,12-13,26H,4-5,7,10-11,14H2,1-3H3,(H,27,28). The fraction of sp³-hybridized carbons (Fsp3) is 0.417. The van der Waals surface area contributed by atoms with Crippen molar-refractivity contribution < 1.29 is 9.90 Å². The quantitative estimate of drug-likeness (QED) is 0.568. The average Bonchev–Trinajstić information content (AvgIpc) is 3.33. The average molecular weight is 377 g/mol. The van der Waals surface area contributed by atoms with Gasteiger partial charge in [-0.2, -0.15) is 0 Å². The van der Waals surface area contributed by atoms with Gasteiger partial charge in [0, 0.05) is 34.1 Å². The van der Waals surface area contributed by atoms with E-state index in [2.05, 4.69) is 42.9 Å². The van der Waals surface area contributed by atoms with Crippen LogP contribution in [0, 0.1) is 6.92 Å². The first-order valence-electron chi connectivity index (χ1n) is 10.2. The van der Waals surface area contributed by atoms with Crippen molar-refractivity contribution in [3.8, 4) is 0 Å². The van der Waals surface area contributed by atoms with Gasteiger partial charge in [-0.15, -0.1) is 0 Å². The van der Waals surface area contributed by atoms with Gasteiger partial charge in [-0.3, -0.25) is 0 Å². The summed E-state index contributed by atoms with van der Waals surface area (Å²) in [5, 5.41) is 10.5. The lowest BCUT2D eigenvalue weighted by atomic mass is 9.94. The molecule has 146 valence electrons. The molecule has 0 saturated heterocycles. The van der Waals surface area contributed by atoms with Gasteiger partial charge >= 0.3 is 5.97 Å². The van der Waals surface area contributed by atoms with Gasteiger partial charge in [-0.05, 0) is 73.6 Å². The maximum Gasteiger partial charge on any atom is 0.354 e. The lowest BCUT2D eigenvalue weighted by Crippen LogP contribution is -2.07. The number of aromatic amines is 1. The lowest BCUT2D eigenvalue weighted by molar-refractivity contribution is 0.0690. The third kappa shape index (κ3) is 3.44. The van der Waals surface area contributed by atoms with E-state index < -0.39 is 5.97 Å². The highest BCUT2D eigenvalue weighted by Crippen LogP contribution is 2.50. The van der Waals surface area contributed by atoms with E-state index in [0.29, 0.717) is 6.42 Å². The van der Waals surface area contributed by atoms with Crippen LogP contribution in [0.2, 0.25) is 0 Å². The Bertz CT molecular complexity index is 1040. The summed E-state index contributed by atoms with van der Waals surface area (Å²) in [6.45, 7) is 6.73. The summed E-state index contributed by atoms with van der Waals surface area (Å²) in [4.78, 5) is 19.4. The number of aryl methyl sites for hydroxylation is 2. The number of carboxylic acids is 1. The molecule has 0 spiro atoms. The molecule has 28 heavy (non-hydrogen) atoms. The van der Waals surface area contributed by atoms with Crippen molar-refractivity contribution in [3.63, 3.8) is 0 Å². The number of benzene rings is 1. The van der Waals surface area contributed by atoms with Crippen LogP contribution in [-0.4, -0.2) is 21.0 Å². The molecule has 2 N–H and O–H groups in total. The minimum Gasteiger partial charge on any atom is -0.477 e. The van der Waals surface area contributed by atoms with Crippen LogP contribution in [0.3, 0.4) is 0 Å². The molecule has 0 unspecified atom stereocenters. The van der Waals surface area contributed by atoms with E-state index in [1.165, 1.54) is 59.0 Å². The number of nitrogens with one attached hydrogen (secondary N) is 1. The smallest absolute Gasteiger partial charge is 0.354 e. The molecular formula is C24H28N2O2. The first-order valence-corrected chi connectivity index (χ1v) is 10.2. The number of H-pyrrole nitrogens is 1. The van der Waals surface area contributed by atoms with Crippen LogP contribution in [0.1, 0.15) is 78.1 Å². The number of unbranched alkanes of at least 4 members (excludes halogenated alkanes) is 1. The number of hydrogen-bond donors (Lipinski definition) is 2. The Kier molecular flexibility index (Phi) is 4.74. The van der Waals surface area contributed by atoms with Gasteiger partial charge in [0.05, 0.1) is 0 Å². The minimum absolute atomic E-state index is 0.107. The van der Waals surface area contributed by atoms with Gasteiger partial charge < -0.3 is 10.1 Å². The summed E-state index contributed by atoms with van der Waals surface area (Å²) in [5.41, 5.74) is 7.64. The summed E-state index contributed by atoms with van der Waals surface area (Å²) in [7, 11) is 0. The zero-order chi connectivity index (χ0) is 19.9. The fourth-order valence-electron chi connectivity index (χ4n) is 4.10. The normalized spacial score (nSPS) is 15.1. The molecule has 0 atom stereocenters. The third-order valence-electron chi connectivity index (χ3n) is 6.15. The number of aromatic carboxylic acids is 1. The van der Waals surface area contributed by atoms with E-state index in [1.807, 2.05) is 6.07 Å². The van der Waals surface area contributed by atoms with Gasteiger partial charge in [0.15, 0.2) is 0 Å². The SMILES string of the molecule is CCCCc1cc2c(Cc3cccc(C(=O)O)n3)c(C3(C)CC3)[nH]c2cc1C. The van der Waals surface area contributed by atoms with Crippen molar-refractivity contribution in [2.75, 3.05) is 0 Å². The van der Waals surface area contributed by atoms with Gasteiger partial charge in [0.2, 0.25) is 0 Å². The van der Waals surface area contributed by atoms with Gasteiger partial charge in [0.25, 0.3) is 0 Å². The molecule has 2 heterocycles. The summed E-state index contributed by atoms with van der Waals surface area (Å²) in [6, 6.07) is 9.89. The molecule has 4 rings (SSSR count). The Morgan fingerprint density at radius 3 is 2.75 bits per heavy atom. The Labute approximate surface area is 166 Å². The number of carboxylic acid groups (broad SMARTS) is 1. The lowest BCUT2D eigenvalue weighted by Gasteiger charge is -2.11. The number of aromatic nitrogens is 2. The number of nitrogens with zero attached hydrogens (tertiary/aromatic N) is 1. The third-order valence-corrected chi connectivity index (χ3v) is 6.15. The summed E-state index contributed by atoms with van der Waals surface area (Å²) in [6.07, 6.45) is 6.52. The monoisotopic (exact) mass is 376 g/mol. The van der Waals surface area contributed by atoms with Gasteiger partial charge in [0.1, 0.15) is 5.69 Å². The van der Waals surface area contributed by atoms with Crippen LogP contribution in [0.15, 0.2) is 30.3 Å². The van der Waals surface area contributed by atoms with Gasteiger partial charge in [-0.1, -0.05) is 26.3 Å². The van der Waals surface area contributed by atoms with Crippen molar-refractivity contribution in [2.45, 2.75) is 64.7 Å². The number of carbonyl (C=O) groups is 1. The topological polar surface area (TPSA) is 66.0 Å². The molecule has 1 aliphatic carbocycles. The Balaban J connectivity index is 1.82. The minimum atomic E-state index is -0.979. The highest BCUT2D eigenvalue weighted by molar-refractivity contribution is 5.87. The molecule has 3 aromatic rings. The van der Waals surface area contributed by atoms with E-state index in [4.69, 9.17) is 0 Å². The van der Waals surface area contributed by atoms with Crippen molar-refractivity contribution in [3.05, 3.63) is 64.1 Å². The van der Waals surface area contributed by atoms with Crippen LogP contribution in [-0.2, 0) is 18.3 Å². The van der Waals surface area contributed by atoms with E-state index in [0.717, 1.165) is 12.1 Å². The summed E-state index contributed by atoms with van der Waals surface area (Å²) in [5.74, 6) is -0.979. The highest BCUT2D eigenvalue weighted by Gasteiger charge is 2.42. The number of pyridine rings is 1. The first-order chi connectivity index (χ1) is 13.4. The Morgan fingerprint density at radius 1 is 1.29 bits per heavy atom. The zero-order valence-electron chi connectivity index (χ0n) is 16.9. The van der Waals surface area contributed by atoms with E-state index in [1.54, 1.807) is 12.1 Å². The van der Waals surface area contributed by atoms with E-state index >= 15 is 0 Å². The highest BCUT2D eigenvalue weighted by atomic mass is 16.4. The second-order valence-electron chi connectivity index (χ2n) is 8.46. The molecule has 1 saturated carbocycles. The molecule has 1 aliphatic rings. The second-order valence-corrected chi connectivity index (χ2v) is 8.46. The molecule has 0 bridgehead atoms. The predicted octanol–water partition coefficient (Wildman–Crippen LogP) is 5.55. The maximum atomic E-state index is 11.3. The van der Waals surface area contributed by atoms with Gasteiger partial charge in [-0.25, -0.2) is 9.78 Å². The second kappa shape index (κ2) is 7.08. The predicted molar refractivity (Wildman–Crippen MR) is 112 cm³/mol. The number of rotatable bonds is 7. The molecule has 2 aromatic heterocycles. The van der Waals surface area contributed by atoms with Crippen molar-refractivity contribution in [1.29, 1.82) is 0 Å². The number of hydrogen-bond acceptors (Lipinski definition) is 2. The van der Waals surface area contributed by atoms with E-state index in [9.17, 15) is 9.90 Å². The summed E-state index contributed by atoms with van der Waals surface area (Å²) >= 11 is 0. The van der Waals surface area contributed by atoms with Crippen LogP contribution >= 0.6 is 0 Å². The van der Waals surface area contributed by atoms with Crippen LogP contribution in [0.5, 0.6) is 0 Å². The van der Waals surface area contributed by atoms with Crippen molar-refractivity contribution in [1.82, 2.24) is 9.97 Å². The van der Waals surface area contributed by atoms with Crippen LogP contribution in [0.4, 0.5) is 0 Å². The van der Waals surface area contributed by atoms with Crippen LogP contribution < -0.4 is 0 Å². The molecule has 4 nitrogen and oxygen atoms in total. The van der Waals surface area contributed by atoms with E-state index in [-0.39, 0.29) is 11.1 Å². The largest absolute Gasteiger partial charge is 0.477 e. The first kappa shape index (κ1) is 18.7. The zero-order valence-corrected chi connectivity index (χ0v) is 16.9. The number of fused-ring (bicyclic) bond motifs is 1.